The maximum atomic E-state index is 11.6. The molecule has 0 saturated carbocycles. The summed E-state index contributed by atoms with van der Waals surface area (Å²) in [4.78, 5) is 11.6. The molecule has 1 N–H and O–H groups in total. The standard InChI is InChI=1S/C34H61NO6/c1-2-3-4-5-6-7-8-9-10-11-12-13-14-15-16-20-24-37-26-28-39-30-31-40-29-27-38-25-23-35-34(36)41-32-33-21-18-17-19-22-33/h17-19,21-22H,2-16,20,23-32H2,1H3,(H,35,36). The predicted octanol–water partition coefficient (Wildman–Crippen LogP) is 8.24. The Hall–Kier alpha value is -1.67. The van der Waals surface area contributed by atoms with Crippen molar-refractivity contribution in [3.05, 3.63) is 35.9 Å². The van der Waals surface area contributed by atoms with Crippen LogP contribution in [0.5, 0.6) is 0 Å². The molecule has 0 fully saturated rings. The normalized spacial score (nSPS) is 11.1. The van der Waals surface area contributed by atoms with E-state index in [4.69, 9.17) is 23.7 Å². The van der Waals surface area contributed by atoms with Crippen LogP contribution in [0.4, 0.5) is 4.79 Å². The molecule has 1 amide bonds. The van der Waals surface area contributed by atoms with E-state index in [2.05, 4.69) is 12.2 Å². The maximum Gasteiger partial charge on any atom is 0.407 e. The van der Waals surface area contributed by atoms with Gasteiger partial charge in [0.15, 0.2) is 0 Å². The summed E-state index contributed by atoms with van der Waals surface area (Å²) in [5.74, 6) is 0. The topological polar surface area (TPSA) is 75.3 Å². The SMILES string of the molecule is CCCCCCCCCCCCCCCCCCOCCOCCOCCOCCNC(=O)OCc1ccccc1. The first kappa shape index (κ1) is 37.4. The molecule has 0 aliphatic rings. The number of alkyl carbamates (subject to hydrolysis) is 1. The zero-order valence-corrected chi connectivity index (χ0v) is 26.2. The third kappa shape index (κ3) is 28.2. The maximum absolute atomic E-state index is 11.6. The zero-order valence-electron chi connectivity index (χ0n) is 26.2. The summed E-state index contributed by atoms with van der Waals surface area (Å²) in [5, 5.41) is 2.66. The van der Waals surface area contributed by atoms with Crippen molar-refractivity contribution in [2.75, 3.05) is 59.4 Å². The largest absolute Gasteiger partial charge is 0.445 e. The molecule has 0 heterocycles. The minimum atomic E-state index is -0.445. The molecule has 1 aromatic rings. The summed E-state index contributed by atoms with van der Waals surface area (Å²) in [7, 11) is 0. The van der Waals surface area contributed by atoms with Gasteiger partial charge >= 0.3 is 6.09 Å². The fourth-order valence-corrected chi connectivity index (χ4v) is 4.51. The van der Waals surface area contributed by atoms with Gasteiger partial charge in [-0.05, 0) is 12.0 Å². The number of nitrogens with one attached hydrogen (secondary N) is 1. The van der Waals surface area contributed by atoms with Crippen LogP contribution in [0.1, 0.15) is 115 Å². The van der Waals surface area contributed by atoms with Crippen LogP contribution in [0.2, 0.25) is 0 Å². The van der Waals surface area contributed by atoms with Crippen LogP contribution in [0, 0.1) is 0 Å². The van der Waals surface area contributed by atoms with Crippen molar-refractivity contribution in [2.45, 2.75) is 116 Å². The molecule has 238 valence electrons. The van der Waals surface area contributed by atoms with E-state index >= 15 is 0 Å². The van der Waals surface area contributed by atoms with Crippen LogP contribution in [0.25, 0.3) is 0 Å². The van der Waals surface area contributed by atoms with Crippen molar-refractivity contribution in [2.24, 2.45) is 0 Å². The molecule has 1 rings (SSSR count). The Morgan fingerprint density at radius 3 is 1.44 bits per heavy atom. The van der Waals surface area contributed by atoms with E-state index in [0.717, 1.165) is 18.6 Å². The van der Waals surface area contributed by atoms with Gasteiger partial charge in [-0.1, -0.05) is 134 Å². The number of carbonyl (C=O) groups excluding carboxylic acids is 1. The van der Waals surface area contributed by atoms with Gasteiger partial charge in [-0.2, -0.15) is 0 Å². The molecule has 7 heteroatoms. The van der Waals surface area contributed by atoms with E-state index in [1.807, 2.05) is 30.3 Å². The Morgan fingerprint density at radius 1 is 0.537 bits per heavy atom. The Morgan fingerprint density at radius 2 is 0.951 bits per heavy atom. The van der Waals surface area contributed by atoms with Crippen molar-refractivity contribution in [3.63, 3.8) is 0 Å². The molecule has 0 atom stereocenters. The van der Waals surface area contributed by atoms with E-state index in [1.54, 1.807) is 0 Å². The summed E-state index contributed by atoms with van der Waals surface area (Å²) in [6, 6.07) is 9.58. The van der Waals surface area contributed by atoms with Crippen molar-refractivity contribution in [1.82, 2.24) is 5.32 Å². The summed E-state index contributed by atoms with van der Waals surface area (Å²) in [5.41, 5.74) is 0.957. The van der Waals surface area contributed by atoms with Crippen molar-refractivity contribution >= 4 is 6.09 Å². The van der Waals surface area contributed by atoms with E-state index in [9.17, 15) is 4.79 Å². The van der Waals surface area contributed by atoms with Crippen LogP contribution in [0.3, 0.4) is 0 Å². The third-order valence-corrected chi connectivity index (χ3v) is 6.99. The van der Waals surface area contributed by atoms with Gasteiger partial charge in [0.25, 0.3) is 0 Å². The van der Waals surface area contributed by atoms with Gasteiger partial charge in [-0.3, -0.25) is 0 Å². The van der Waals surface area contributed by atoms with Gasteiger partial charge in [-0.15, -0.1) is 0 Å². The molecule has 41 heavy (non-hydrogen) atoms. The molecule has 0 saturated heterocycles. The molecule has 0 unspecified atom stereocenters. The molecule has 0 aliphatic heterocycles. The first-order valence-corrected chi connectivity index (χ1v) is 16.6. The Kier molecular flexibility index (Phi) is 28.5. The average molecular weight is 580 g/mol. The summed E-state index contributed by atoms with van der Waals surface area (Å²) < 4.78 is 27.3. The smallest absolute Gasteiger partial charge is 0.407 e. The van der Waals surface area contributed by atoms with E-state index < -0.39 is 6.09 Å². The van der Waals surface area contributed by atoms with Crippen LogP contribution in [-0.4, -0.2) is 65.5 Å². The van der Waals surface area contributed by atoms with Gasteiger partial charge in [0, 0.05) is 13.2 Å². The first-order chi connectivity index (χ1) is 20.3. The quantitative estimate of drug-likeness (QED) is 0.0893. The van der Waals surface area contributed by atoms with Crippen molar-refractivity contribution < 1.29 is 28.5 Å². The van der Waals surface area contributed by atoms with Crippen molar-refractivity contribution in [3.8, 4) is 0 Å². The van der Waals surface area contributed by atoms with Crippen LogP contribution >= 0.6 is 0 Å². The Balaban J connectivity index is 1.65. The van der Waals surface area contributed by atoms with Crippen LogP contribution < -0.4 is 5.32 Å². The number of benzene rings is 1. The predicted molar refractivity (Wildman–Crippen MR) is 167 cm³/mol. The number of ether oxygens (including phenoxy) is 5. The minimum absolute atomic E-state index is 0.259. The zero-order chi connectivity index (χ0) is 29.3. The fraction of sp³-hybridized carbons (Fsp3) is 0.794. The molecule has 0 radical (unpaired) electrons. The minimum Gasteiger partial charge on any atom is -0.445 e. The number of carbonyl (C=O) groups is 1. The van der Waals surface area contributed by atoms with Crippen molar-refractivity contribution in [1.29, 1.82) is 0 Å². The molecular weight excluding hydrogens is 518 g/mol. The van der Waals surface area contributed by atoms with Gasteiger partial charge in [0.2, 0.25) is 0 Å². The van der Waals surface area contributed by atoms with E-state index in [0.29, 0.717) is 52.8 Å². The lowest BCUT2D eigenvalue weighted by Crippen LogP contribution is -2.28. The number of unbranched alkanes of at least 4 members (excludes halogenated alkanes) is 15. The highest BCUT2D eigenvalue weighted by molar-refractivity contribution is 5.67. The molecule has 0 aromatic heterocycles. The molecule has 0 bridgehead atoms. The number of hydrogen-bond donors (Lipinski definition) is 1. The molecule has 1 aromatic carbocycles. The monoisotopic (exact) mass is 579 g/mol. The average Bonchev–Trinajstić information content (AvgIpc) is 2.99. The highest BCUT2D eigenvalue weighted by atomic mass is 16.6. The van der Waals surface area contributed by atoms with Crippen LogP contribution in [-0.2, 0) is 30.3 Å². The van der Waals surface area contributed by atoms with E-state index in [1.165, 1.54) is 96.3 Å². The second-order valence-electron chi connectivity index (χ2n) is 10.7. The molecule has 7 nitrogen and oxygen atoms in total. The highest BCUT2D eigenvalue weighted by Crippen LogP contribution is 2.13. The molecule has 0 aliphatic carbocycles. The van der Waals surface area contributed by atoms with Gasteiger partial charge in [-0.25, -0.2) is 4.79 Å². The summed E-state index contributed by atoms with van der Waals surface area (Å²) >= 11 is 0. The Labute approximate surface area is 251 Å². The third-order valence-electron chi connectivity index (χ3n) is 6.99. The fourth-order valence-electron chi connectivity index (χ4n) is 4.51. The lowest BCUT2D eigenvalue weighted by molar-refractivity contribution is -0.00182. The lowest BCUT2D eigenvalue weighted by Gasteiger charge is -2.09. The Bertz CT molecular complexity index is 660. The molecule has 0 spiro atoms. The second-order valence-corrected chi connectivity index (χ2v) is 10.7. The first-order valence-electron chi connectivity index (χ1n) is 16.6. The second kappa shape index (κ2) is 31.3. The van der Waals surface area contributed by atoms with E-state index in [-0.39, 0.29) is 6.61 Å². The highest BCUT2D eigenvalue weighted by Gasteiger charge is 2.02. The van der Waals surface area contributed by atoms with Gasteiger partial charge in [0.05, 0.1) is 46.2 Å². The summed E-state index contributed by atoms with van der Waals surface area (Å²) in [6.07, 6.45) is 21.7. The number of rotatable bonds is 31. The number of amides is 1. The lowest BCUT2D eigenvalue weighted by atomic mass is 10.0. The van der Waals surface area contributed by atoms with Gasteiger partial charge < -0.3 is 29.0 Å². The summed E-state index contributed by atoms with van der Waals surface area (Å²) in [6.45, 7) is 7.49. The molecular formula is C34H61NO6. The van der Waals surface area contributed by atoms with Gasteiger partial charge in [0.1, 0.15) is 6.61 Å². The number of hydrogen-bond acceptors (Lipinski definition) is 6. The van der Waals surface area contributed by atoms with Crippen LogP contribution in [0.15, 0.2) is 30.3 Å².